The van der Waals surface area contributed by atoms with Crippen LogP contribution in [-0.2, 0) is 16.0 Å². The lowest BCUT2D eigenvalue weighted by atomic mass is 10.1. The second-order valence-corrected chi connectivity index (χ2v) is 8.80. The average molecular weight is 478 g/mol. The summed E-state index contributed by atoms with van der Waals surface area (Å²) in [6.07, 6.45) is 0.390. The Kier molecular flexibility index (Phi) is 6.78. The van der Waals surface area contributed by atoms with Crippen molar-refractivity contribution in [2.24, 2.45) is 0 Å². The molecule has 4 rings (SSSR count). The fraction of sp³-hybridized carbons (Fsp3) is 0.0800. The minimum atomic E-state index is -0.786. The highest BCUT2D eigenvalue weighted by atomic mass is 35.5. The average Bonchev–Trinajstić information content (AvgIpc) is 3.13. The molecule has 1 atom stereocenters. The van der Waals surface area contributed by atoms with Crippen molar-refractivity contribution < 1.29 is 14.0 Å². The predicted molar refractivity (Wildman–Crippen MR) is 128 cm³/mol. The molecule has 1 aliphatic rings. The summed E-state index contributed by atoms with van der Waals surface area (Å²) in [7, 11) is 0. The van der Waals surface area contributed by atoms with E-state index in [9.17, 15) is 19.2 Å². The second-order valence-electron chi connectivity index (χ2n) is 7.17. The van der Waals surface area contributed by atoms with Gasteiger partial charge in [-0.3, -0.25) is 14.5 Å². The quantitative estimate of drug-likeness (QED) is 0.386. The minimum absolute atomic E-state index is 0.0471. The normalized spacial score (nSPS) is 16.9. The number of benzene rings is 3. The summed E-state index contributed by atoms with van der Waals surface area (Å²) in [6.45, 7) is 0. The van der Waals surface area contributed by atoms with Crippen molar-refractivity contribution in [1.82, 2.24) is 0 Å². The van der Waals surface area contributed by atoms with Gasteiger partial charge in [-0.05, 0) is 48.4 Å². The van der Waals surface area contributed by atoms with Crippen molar-refractivity contribution in [3.63, 3.8) is 0 Å². The summed E-state index contributed by atoms with van der Waals surface area (Å²) < 4.78 is 14.0. The number of thioether (sulfide) groups is 1. The Balaban J connectivity index is 1.72. The monoisotopic (exact) mass is 477 g/mol. The number of rotatable bonds is 5. The van der Waals surface area contributed by atoms with E-state index in [1.807, 2.05) is 24.3 Å². The van der Waals surface area contributed by atoms with Gasteiger partial charge >= 0.3 is 0 Å². The number of nitriles is 1. The molecule has 0 bridgehead atoms. The number of carbonyl (C=O) groups is 2. The lowest BCUT2D eigenvalue weighted by Crippen LogP contribution is -2.30. The van der Waals surface area contributed by atoms with E-state index in [1.165, 1.54) is 23.1 Å². The van der Waals surface area contributed by atoms with Crippen LogP contribution in [0.3, 0.4) is 0 Å². The smallest absolute Gasteiger partial charge is 0.269 e. The predicted octanol–water partition coefficient (Wildman–Crippen LogP) is 5.54. The first-order valence-electron chi connectivity index (χ1n) is 9.98. The van der Waals surface area contributed by atoms with Crippen molar-refractivity contribution in [3.05, 3.63) is 106 Å². The third kappa shape index (κ3) is 4.92. The van der Waals surface area contributed by atoms with E-state index in [1.54, 1.807) is 42.5 Å². The maximum Gasteiger partial charge on any atom is 0.269 e. The first-order valence-corrected chi connectivity index (χ1v) is 11.2. The van der Waals surface area contributed by atoms with Gasteiger partial charge in [0, 0.05) is 10.7 Å². The fourth-order valence-electron chi connectivity index (χ4n) is 3.38. The third-order valence-corrected chi connectivity index (χ3v) is 6.49. The number of anilines is 2. The first kappa shape index (κ1) is 22.6. The van der Waals surface area contributed by atoms with Crippen molar-refractivity contribution >= 4 is 46.6 Å². The number of carbonyl (C=O) groups excluding carboxylic acids is 2. The van der Waals surface area contributed by atoms with Crippen molar-refractivity contribution in [2.45, 2.75) is 11.7 Å². The van der Waals surface area contributed by atoms with E-state index in [0.717, 1.165) is 17.3 Å². The second kappa shape index (κ2) is 9.90. The zero-order chi connectivity index (χ0) is 23.4. The molecule has 0 unspecified atom stereocenters. The first-order chi connectivity index (χ1) is 16.0. The molecule has 1 N–H and O–H groups in total. The number of hydrogen-bond acceptors (Lipinski definition) is 4. The van der Waals surface area contributed by atoms with Gasteiger partial charge in [-0.2, -0.15) is 5.26 Å². The van der Waals surface area contributed by atoms with Crippen molar-refractivity contribution in [3.8, 4) is 6.07 Å². The Bertz CT molecular complexity index is 1270. The SMILES string of the molecule is N#C/C(C(=O)Nc1ccccc1F)=C1/S[C@H](Cc2ccc(Cl)cc2)C(=O)N1c1ccccc1. The number of halogens is 2. The molecule has 1 heterocycles. The van der Waals surface area contributed by atoms with Gasteiger partial charge in [0.25, 0.3) is 5.91 Å². The number of nitrogens with zero attached hydrogens (tertiary/aromatic N) is 2. The van der Waals surface area contributed by atoms with Crippen LogP contribution in [0.15, 0.2) is 89.5 Å². The van der Waals surface area contributed by atoms with E-state index < -0.39 is 17.0 Å². The van der Waals surface area contributed by atoms with Crippen LogP contribution in [0.5, 0.6) is 0 Å². The molecule has 1 saturated heterocycles. The standard InChI is InChI=1S/C25H17ClFN3O2S/c26-17-12-10-16(11-13-17)14-22-24(32)30(18-6-2-1-3-7-18)25(33-22)19(15-28)23(31)29-21-9-5-4-8-20(21)27/h1-13,22H,14H2,(H,29,31)/b25-19-/t22-/m1/s1. The van der Waals surface area contributed by atoms with Gasteiger partial charge in [-0.25, -0.2) is 4.39 Å². The number of amides is 2. The van der Waals surface area contributed by atoms with Gasteiger partial charge in [0.2, 0.25) is 5.91 Å². The Morgan fingerprint density at radius 3 is 2.39 bits per heavy atom. The molecule has 164 valence electrons. The molecule has 0 spiro atoms. The third-order valence-electron chi connectivity index (χ3n) is 4.98. The molecule has 3 aromatic rings. The summed E-state index contributed by atoms with van der Waals surface area (Å²) in [5.74, 6) is -1.66. The van der Waals surface area contributed by atoms with E-state index in [2.05, 4.69) is 5.32 Å². The summed E-state index contributed by atoms with van der Waals surface area (Å²) >= 11 is 7.10. The molecule has 3 aromatic carbocycles. The summed E-state index contributed by atoms with van der Waals surface area (Å²) in [5.41, 5.74) is 1.12. The largest absolute Gasteiger partial charge is 0.319 e. The number of para-hydroxylation sites is 2. The lowest BCUT2D eigenvalue weighted by molar-refractivity contribution is -0.117. The maximum absolute atomic E-state index is 14.0. The van der Waals surface area contributed by atoms with Crippen LogP contribution in [0.1, 0.15) is 5.56 Å². The molecular weight excluding hydrogens is 461 g/mol. The molecular formula is C25H17ClFN3O2S. The summed E-state index contributed by atoms with van der Waals surface area (Å²) in [5, 5.41) is 12.5. The minimum Gasteiger partial charge on any atom is -0.319 e. The molecule has 5 nitrogen and oxygen atoms in total. The highest BCUT2D eigenvalue weighted by molar-refractivity contribution is 8.05. The van der Waals surface area contributed by atoms with Gasteiger partial charge in [-0.15, -0.1) is 0 Å². The molecule has 2 amide bonds. The Labute approximate surface area is 199 Å². The molecule has 0 saturated carbocycles. The van der Waals surface area contributed by atoms with Crippen molar-refractivity contribution in [2.75, 3.05) is 10.2 Å². The number of nitrogens with one attached hydrogen (secondary N) is 1. The molecule has 1 aliphatic heterocycles. The molecule has 0 aromatic heterocycles. The van der Waals surface area contributed by atoms with Crippen LogP contribution >= 0.6 is 23.4 Å². The highest BCUT2D eigenvalue weighted by Gasteiger charge is 2.40. The van der Waals surface area contributed by atoms with Gasteiger partial charge in [0.15, 0.2) is 0 Å². The maximum atomic E-state index is 14.0. The van der Waals surface area contributed by atoms with Crippen LogP contribution < -0.4 is 10.2 Å². The van der Waals surface area contributed by atoms with E-state index in [-0.39, 0.29) is 22.2 Å². The topological polar surface area (TPSA) is 73.2 Å². The Morgan fingerprint density at radius 2 is 1.73 bits per heavy atom. The highest BCUT2D eigenvalue weighted by Crippen LogP contribution is 2.42. The zero-order valence-electron chi connectivity index (χ0n) is 17.2. The van der Waals surface area contributed by atoms with Gasteiger partial charge in [0.05, 0.1) is 10.9 Å². The van der Waals surface area contributed by atoms with Crippen LogP contribution in [0.4, 0.5) is 15.8 Å². The molecule has 1 fully saturated rings. The van der Waals surface area contributed by atoms with Crippen LogP contribution in [0.2, 0.25) is 5.02 Å². The Morgan fingerprint density at radius 1 is 1.06 bits per heavy atom. The molecule has 0 radical (unpaired) electrons. The van der Waals surface area contributed by atoms with Crippen LogP contribution in [0, 0.1) is 17.1 Å². The van der Waals surface area contributed by atoms with E-state index >= 15 is 0 Å². The lowest BCUT2D eigenvalue weighted by Gasteiger charge is -2.18. The van der Waals surface area contributed by atoms with Gasteiger partial charge in [-0.1, -0.05) is 65.8 Å². The summed E-state index contributed by atoms with van der Waals surface area (Å²) in [4.78, 5) is 27.7. The van der Waals surface area contributed by atoms with Gasteiger partial charge < -0.3 is 5.32 Å². The van der Waals surface area contributed by atoms with Crippen LogP contribution in [0.25, 0.3) is 0 Å². The van der Waals surface area contributed by atoms with E-state index in [4.69, 9.17) is 11.6 Å². The fourth-order valence-corrected chi connectivity index (χ4v) is 4.82. The van der Waals surface area contributed by atoms with Crippen LogP contribution in [-0.4, -0.2) is 17.1 Å². The summed E-state index contributed by atoms with van der Waals surface area (Å²) in [6, 6.07) is 23.5. The Hall–Kier alpha value is -3.60. The molecule has 0 aliphatic carbocycles. The number of hydrogen-bond donors (Lipinski definition) is 1. The molecule has 8 heteroatoms. The van der Waals surface area contributed by atoms with Crippen molar-refractivity contribution in [1.29, 1.82) is 5.26 Å². The van der Waals surface area contributed by atoms with Gasteiger partial charge in [0.1, 0.15) is 22.5 Å². The molecule has 33 heavy (non-hydrogen) atoms. The van der Waals surface area contributed by atoms with E-state index in [0.29, 0.717) is 17.1 Å². The zero-order valence-corrected chi connectivity index (χ0v) is 18.7.